The summed E-state index contributed by atoms with van der Waals surface area (Å²) >= 11 is 1.97. The van der Waals surface area contributed by atoms with Gasteiger partial charge < -0.3 is 5.32 Å². The van der Waals surface area contributed by atoms with Crippen molar-refractivity contribution >= 4 is 16.9 Å². The summed E-state index contributed by atoms with van der Waals surface area (Å²) < 4.78 is 0. The van der Waals surface area contributed by atoms with E-state index in [1.54, 1.807) is 0 Å². The first-order valence-electron chi connectivity index (χ1n) is 8.79. The Hall–Kier alpha value is -0.180. The lowest BCUT2D eigenvalue weighted by Gasteiger charge is -2.44. The maximum atomic E-state index is 4.94. The first-order chi connectivity index (χ1) is 9.85. The van der Waals surface area contributed by atoms with Crippen LogP contribution in [0.1, 0.15) is 66.7 Å². The highest BCUT2D eigenvalue weighted by Gasteiger charge is 2.59. The monoisotopic (exact) mass is 308 g/mol. The summed E-state index contributed by atoms with van der Waals surface area (Å²) in [4.78, 5) is 4.94. The van der Waals surface area contributed by atoms with Crippen molar-refractivity contribution in [2.45, 2.75) is 72.8 Å². The fourth-order valence-electron chi connectivity index (χ4n) is 5.10. The number of hydrogen-bond donors (Lipinski definition) is 1. The molecule has 3 rings (SSSR count). The van der Waals surface area contributed by atoms with Gasteiger partial charge in [-0.2, -0.15) is 0 Å². The number of hydrogen-bond acceptors (Lipinski definition) is 3. The van der Waals surface area contributed by atoms with E-state index in [1.165, 1.54) is 43.0 Å². The van der Waals surface area contributed by atoms with Crippen LogP contribution in [0.4, 0.5) is 0 Å². The van der Waals surface area contributed by atoms with Gasteiger partial charge in [-0.25, -0.2) is 0 Å². The summed E-state index contributed by atoms with van der Waals surface area (Å²) in [5.74, 6) is 2.14. The van der Waals surface area contributed by atoms with Crippen LogP contribution in [0.25, 0.3) is 0 Å². The zero-order valence-corrected chi connectivity index (χ0v) is 15.3. The van der Waals surface area contributed by atoms with Gasteiger partial charge in [0, 0.05) is 18.3 Å². The number of aliphatic imine (C=N–C) groups is 1. The van der Waals surface area contributed by atoms with Gasteiger partial charge in [0.1, 0.15) is 0 Å². The topological polar surface area (TPSA) is 24.4 Å². The molecule has 0 radical (unpaired) electrons. The Morgan fingerprint density at radius 3 is 2.43 bits per heavy atom. The average molecular weight is 309 g/mol. The van der Waals surface area contributed by atoms with Crippen LogP contribution in [-0.2, 0) is 0 Å². The Balaban J connectivity index is 1.72. The minimum atomic E-state index is 0.417. The third kappa shape index (κ3) is 2.44. The molecule has 0 saturated heterocycles. The lowest BCUT2D eigenvalue weighted by atomic mass is 9.68. The third-order valence-corrected chi connectivity index (χ3v) is 8.39. The number of rotatable bonds is 3. The summed E-state index contributed by atoms with van der Waals surface area (Å²) in [7, 11) is 0. The van der Waals surface area contributed by atoms with Crippen LogP contribution in [0.15, 0.2) is 4.99 Å². The molecule has 0 aromatic rings. The molecule has 1 aliphatic heterocycles. The van der Waals surface area contributed by atoms with Crippen molar-refractivity contribution in [3.05, 3.63) is 0 Å². The first kappa shape index (κ1) is 15.7. The lowest BCUT2D eigenvalue weighted by molar-refractivity contribution is 0.125. The van der Waals surface area contributed by atoms with E-state index in [4.69, 9.17) is 4.99 Å². The molecule has 2 fully saturated rings. The Kier molecular flexibility index (Phi) is 3.87. The predicted molar refractivity (Wildman–Crippen MR) is 93.9 cm³/mol. The second-order valence-electron chi connectivity index (χ2n) is 8.61. The van der Waals surface area contributed by atoms with E-state index in [0.29, 0.717) is 22.3 Å². The van der Waals surface area contributed by atoms with Gasteiger partial charge in [0.15, 0.2) is 5.17 Å². The van der Waals surface area contributed by atoms with Crippen LogP contribution < -0.4 is 5.32 Å². The Labute approximate surface area is 134 Å². The summed E-state index contributed by atoms with van der Waals surface area (Å²) in [6.45, 7) is 13.1. The summed E-state index contributed by atoms with van der Waals surface area (Å²) in [5.41, 5.74) is 1.35. The van der Waals surface area contributed by atoms with Crippen LogP contribution in [0, 0.1) is 22.2 Å². The number of amidine groups is 1. The maximum absolute atomic E-state index is 4.94. The molecule has 3 atom stereocenters. The van der Waals surface area contributed by atoms with Gasteiger partial charge in [-0.1, -0.05) is 46.4 Å². The molecular weight excluding hydrogens is 276 g/mol. The van der Waals surface area contributed by atoms with Gasteiger partial charge in [-0.05, 0) is 54.3 Å². The van der Waals surface area contributed by atoms with E-state index >= 15 is 0 Å². The molecule has 1 heterocycles. The van der Waals surface area contributed by atoms with Crippen molar-refractivity contribution < 1.29 is 0 Å². The standard InChI is InChI=1S/C18H32N2S/c1-6-18(7-2)11-19-15(21-12-18)20-14-16(3,4)13-8-9-17(14,5)10-13/h13-14H,6-12H2,1-5H3,(H,19,20). The smallest absolute Gasteiger partial charge is 0.156 e. The number of fused-ring (bicyclic) bond motifs is 2. The molecule has 3 heteroatoms. The molecule has 2 saturated carbocycles. The minimum Gasteiger partial charge on any atom is -0.361 e. The molecule has 120 valence electrons. The lowest BCUT2D eigenvalue weighted by Crippen LogP contribution is -2.52. The maximum Gasteiger partial charge on any atom is 0.156 e. The molecule has 3 unspecified atom stereocenters. The number of nitrogens with one attached hydrogen (secondary N) is 1. The molecule has 0 aromatic heterocycles. The number of thioether (sulfide) groups is 1. The zero-order valence-electron chi connectivity index (χ0n) is 14.5. The van der Waals surface area contributed by atoms with Gasteiger partial charge >= 0.3 is 0 Å². The Morgan fingerprint density at radius 2 is 1.95 bits per heavy atom. The largest absolute Gasteiger partial charge is 0.361 e. The second kappa shape index (κ2) is 5.18. The van der Waals surface area contributed by atoms with Crippen molar-refractivity contribution in [1.29, 1.82) is 0 Å². The van der Waals surface area contributed by atoms with E-state index in [2.05, 4.69) is 39.9 Å². The molecule has 1 N–H and O–H groups in total. The first-order valence-corrected chi connectivity index (χ1v) is 9.77. The molecule has 0 spiro atoms. The highest BCUT2D eigenvalue weighted by Crippen LogP contribution is 2.62. The minimum absolute atomic E-state index is 0.417. The van der Waals surface area contributed by atoms with Crippen molar-refractivity contribution in [2.75, 3.05) is 12.3 Å². The predicted octanol–water partition coefficient (Wildman–Crippen LogP) is 4.70. The molecule has 2 nitrogen and oxygen atoms in total. The summed E-state index contributed by atoms with van der Waals surface area (Å²) in [5, 5.41) is 5.10. The van der Waals surface area contributed by atoms with Gasteiger partial charge in [-0.15, -0.1) is 0 Å². The summed E-state index contributed by atoms with van der Waals surface area (Å²) in [6.07, 6.45) is 6.73. The highest BCUT2D eigenvalue weighted by molar-refractivity contribution is 8.13. The van der Waals surface area contributed by atoms with E-state index in [1.807, 2.05) is 11.8 Å². The van der Waals surface area contributed by atoms with Crippen LogP contribution in [0.3, 0.4) is 0 Å². The van der Waals surface area contributed by atoms with E-state index in [-0.39, 0.29) is 0 Å². The zero-order chi connectivity index (χ0) is 15.3. The molecular formula is C18H32N2S. The van der Waals surface area contributed by atoms with Gasteiger partial charge in [0.05, 0.1) is 0 Å². The van der Waals surface area contributed by atoms with Crippen molar-refractivity contribution in [1.82, 2.24) is 5.32 Å². The third-order valence-electron chi connectivity index (χ3n) is 7.11. The van der Waals surface area contributed by atoms with Crippen molar-refractivity contribution in [3.8, 4) is 0 Å². The van der Waals surface area contributed by atoms with E-state index < -0.39 is 0 Å². The average Bonchev–Trinajstić information content (AvgIpc) is 2.95. The van der Waals surface area contributed by atoms with Crippen LogP contribution >= 0.6 is 11.8 Å². The van der Waals surface area contributed by atoms with Crippen LogP contribution in [0.5, 0.6) is 0 Å². The normalized spacial score (nSPS) is 40.1. The number of nitrogens with zero attached hydrogens (tertiary/aromatic N) is 1. The Bertz CT molecular complexity index is 434. The summed E-state index contributed by atoms with van der Waals surface area (Å²) in [6, 6.07) is 0.603. The molecule has 3 aliphatic rings. The highest BCUT2D eigenvalue weighted by atomic mass is 32.2. The van der Waals surface area contributed by atoms with E-state index in [9.17, 15) is 0 Å². The van der Waals surface area contributed by atoms with Crippen LogP contribution in [-0.4, -0.2) is 23.5 Å². The van der Waals surface area contributed by atoms with Gasteiger partial charge in [0.25, 0.3) is 0 Å². The fraction of sp³-hybridized carbons (Fsp3) is 0.944. The molecule has 2 bridgehead atoms. The van der Waals surface area contributed by atoms with Gasteiger partial charge in [-0.3, -0.25) is 4.99 Å². The van der Waals surface area contributed by atoms with E-state index in [0.717, 1.165) is 12.5 Å². The van der Waals surface area contributed by atoms with Crippen LogP contribution in [0.2, 0.25) is 0 Å². The quantitative estimate of drug-likeness (QED) is 0.817. The SMILES string of the molecule is CCC1(CC)CN=C(NC2C3(C)CCC(C3)C2(C)C)SC1. The van der Waals surface area contributed by atoms with Gasteiger partial charge in [0.2, 0.25) is 0 Å². The molecule has 0 amide bonds. The Morgan fingerprint density at radius 1 is 1.24 bits per heavy atom. The molecule has 0 aromatic carbocycles. The van der Waals surface area contributed by atoms with Crippen molar-refractivity contribution in [3.63, 3.8) is 0 Å². The second-order valence-corrected chi connectivity index (χ2v) is 9.57. The molecule has 21 heavy (non-hydrogen) atoms. The fourth-order valence-corrected chi connectivity index (χ4v) is 6.40. The molecule has 2 aliphatic carbocycles. The van der Waals surface area contributed by atoms with Crippen molar-refractivity contribution in [2.24, 2.45) is 27.2 Å².